The molecule has 1 saturated heterocycles. The van der Waals surface area contributed by atoms with Gasteiger partial charge < -0.3 is 10.2 Å². The SMILES string of the molecule is CCc1ccsc1CN1CC(=O)NC(C2CC2)C1=O. The van der Waals surface area contributed by atoms with Gasteiger partial charge in [0.05, 0.1) is 13.1 Å². The second-order valence-electron chi connectivity index (χ2n) is 5.30. The first-order chi connectivity index (χ1) is 9.19. The minimum atomic E-state index is -0.272. The predicted molar refractivity (Wildman–Crippen MR) is 73.8 cm³/mol. The summed E-state index contributed by atoms with van der Waals surface area (Å²) < 4.78 is 0. The van der Waals surface area contributed by atoms with Gasteiger partial charge in [0.25, 0.3) is 0 Å². The van der Waals surface area contributed by atoms with E-state index in [1.165, 1.54) is 10.4 Å². The van der Waals surface area contributed by atoms with Crippen molar-refractivity contribution < 1.29 is 9.59 Å². The molecule has 1 unspecified atom stereocenters. The molecule has 4 nitrogen and oxygen atoms in total. The Labute approximate surface area is 116 Å². The molecule has 0 radical (unpaired) electrons. The molecular weight excluding hydrogens is 260 g/mol. The van der Waals surface area contributed by atoms with Crippen LogP contribution in [0, 0.1) is 5.92 Å². The van der Waals surface area contributed by atoms with Gasteiger partial charge in [0.1, 0.15) is 6.04 Å². The Kier molecular flexibility index (Phi) is 3.31. The van der Waals surface area contributed by atoms with E-state index in [0.29, 0.717) is 12.5 Å². The van der Waals surface area contributed by atoms with E-state index in [2.05, 4.69) is 23.7 Å². The molecule has 3 rings (SSSR count). The zero-order chi connectivity index (χ0) is 13.4. The Bertz CT molecular complexity index is 507. The van der Waals surface area contributed by atoms with Gasteiger partial charge in [-0.3, -0.25) is 9.59 Å². The molecule has 1 aliphatic carbocycles. The third-order valence-electron chi connectivity index (χ3n) is 3.88. The van der Waals surface area contributed by atoms with Gasteiger partial charge >= 0.3 is 0 Å². The van der Waals surface area contributed by atoms with E-state index in [1.54, 1.807) is 16.2 Å². The summed E-state index contributed by atoms with van der Waals surface area (Å²) in [6, 6.07) is 1.83. The molecular formula is C14H18N2O2S. The number of nitrogens with one attached hydrogen (secondary N) is 1. The molecule has 2 aliphatic rings. The maximum absolute atomic E-state index is 12.4. The smallest absolute Gasteiger partial charge is 0.246 e. The van der Waals surface area contributed by atoms with Crippen LogP contribution in [0.1, 0.15) is 30.2 Å². The molecule has 1 saturated carbocycles. The van der Waals surface area contributed by atoms with Crippen molar-refractivity contribution in [3.8, 4) is 0 Å². The Balaban J connectivity index is 1.75. The number of aryl methyl sites for hydroxylation is 1. The second-order valence-corrected chi connectivity index (χ2v) is 6.30. The Morgan fingerprint density at radius 2 is 2.21 bits per heavy atom. The third-order valence-corrected chi connectivity index (χ3v) is 4.82. The van der Waals surface area contributed by atoms with Gasteiger partial charge in [-0.1, -0.05) is 6.92 Å². The highest BCUT2D eigenvalue weighted by Crippen LogP contribution is 2.34. The summed E-state index contributed by atoms with van der Waals surface area (Å²) in [5.74, 6) is 0.442. The predicted octanol–water partition coefficient (Wildman–Crippen LogP) is 1.55. The Morgan fingerprint density at radius 1 is 1.42 bits per heavy atom. The number of hydrogen-bond acceptors (Lipinski definition) is 3. The molecule has 1 aromatic rings. The largest absolute Gasteiger partial charge is 0.342 e. The van der Waals surface area contributed by atoms with E-state index in [9.17, 15) is 9.59 Å². The average molecular weight is 278 g/mol. The summed E-state index contributed by atoms with van der Waals surface area (Å²) in [6.45, 7) is 2.89. The highest BCUT2D eigenvalue weighted by molar-refractivity contribution is 7.10. The van der Waals surface area contributed by atoms with Crippen LogP contribution in [0.3, 0.4) is 0 Å². The van der Waals surface area contributed by atoms with Crippen LogP contribution >= 0.6 is 11.3 Å². The van der Waals surface area contributed by atoms with Gasteiger partial charge in [-0.15, -0.1) is 11.3 Å². The molecule has 0 aromatic carbocycles. The summed E-state index contributed by atoms with van der Waals surface area (Å²) in [5.41, 5.74) is 1.28. The molecule has 0 spiro atoms. The number of thiophene rings is 1. The first-order valence-corrected chi connectivity index (χ1v) is 7.70. The van der Waals surface area contributed by atoms with E-state index in [1.807, 2.05) is 0 Å². The van der Waals surface area contributed by atoms with Crippen molar-refractivity contribution in [3.05, 3.63) is 21.9 Å². The summed E-state index contributed by atoms with van der Waals surface area (Å²) in [4.78, 5) is 27.1. The maximum atomic E-state index is 12.4. The van der Waals surface area contributed by atoms with Crippen LogP contribution < -0.4 is 5.32 Å². The van der Waals surface area contributed by atoms with Crippen molar-refractivity contribution in [1.82, 2.24) is 10.2 Å². The van der Waals surface area contributed by atoms with Crippen LogP contribution in [-0.2, 0) is 22.6 Å². The Morgan fingerprint density at radius 3 is 2.89 bits per heavy atom. The third kappa shape index (κ3) is 2.52. The summed E-state index contributed by atoms with van der Waals surface area (Å²) >= 11 is 1.67. The molecule has 1 N–H and O–H groups in total. The van der Waals surface area contributed by atoms with Gasteiger partial charge in [-0.2, -0.15) is 0 Å². The number of amides is 2. The van der Waals surface area contributed by atoms with Gasteiger partial charge in [-0.25, -0.2) is 0 Å². The quantitative estimate of drug-likeness (QED) is 0.908. The van der Waals surface area contributed by atoms with Crippen molar-refractivity contribution in [3.63, 3.8) is 0 Å². The van der Waals surface area contributed by atoms with Crippen molar-refractivity contribution in [2.24, 2.45) is 5.92 Å². The molecule has 102 valence electrons. The number of piperazine rings is 1. The van der Waals surface area contributed by atoms with Crippen LogP contribution in [-0.4, -0.2) is 29.3 Å². The lowest BCUT2D eigenvalue weighted by atomic mass is 10.1. The maximum Gasteiger partial charge on any atom is 0.246 e. The fraction of sp³-hybridized carbons (Fsp3) is 0.571. The fourth-order valence-corrected chi connectivity index (χ4v) is 3.60. The zero-order valence-corrected chi connectivity index (χ0v) is 11.8. The van der Waals surface area contributed by atoms with E-state index in [0.717, 1.165) is 19.3 Å². The van der Waals surface area contributed by atoms with Crippen molar-refractivity contribution in [2.45, 2.75) is 38.8 Å². The van der Waals surface area contributed by atoms with Crippen molar-refractivity contribution >= 4 is 23.2 Å². The number of rotatable bonds is 4. The number of carbonyl (C=O) groups excluding carboxylic acids is 2. The molecule has 19 heavy (non-hydrogen) atoms. The van der Waals surface area contributed by atoms with Crippen LogP contribution in [0.2, 0.25) is 0 Å². The summed E-state index contributed by atoms with van der Waals surface area (Å²) in [6.07, 6.45) is 3.09. The molecule has 2 amide bonds. The van der Waals surface area contributed by atoms with Gasteiger partial charge in [0, 0.05) is 4.88 Å². The second kappa shape index (κ2) is 4.96. The molecule has 2 heterocycles. The standard InChI is InChI=1S/C14H18N2O2S/c1-2-9-5-6-19-11(9)7-16-8-12(17)15-13(14(16)18)10-3-4-10/h5-6,10,13H,2-4,7-8H2,1H3,(H,15,17). The molecule has 1 aliphatic heterocycles. The first-order valence-electron chi connectivity index (χ1n) is 6.82. The van der Waals surface area contributed by atoms with Crippen LogP contribution in [0.25, 0.3) is 0 Å². The van der Waals surface area contributed by atoms with E-state index in [-0.39, 0.29) is 24.4 Å². The number of nitrogens with zero attached hydrogens (tertiary/aromatic N) is 1. The normalized spacial score (nSPS) is 23.6. The van der Waals surface area contributed by atoms with Crippen molar-refractivity contribution in [1.29, 1.82) is 0 Å². The van der Waals surface area contributed by atoms with Crippen molar-refractivity contribution in [2.75, 3.05) is 6.54 Å². The topological polar surface area (TPSA) is 49.4 Å². The minimum absolute atomic E-state index is 0.0221. The first kappa shape index (κ1) is 12.7. The highest BCUT2D eigenvalue weighted by Gasteiger charge is 2.42. The van der Waals surface area contributed by atoms with E-state index in [4.69, 9.17) is 0 Å². The van der Waals surface area contributed by atoms with Crippen LogP contribution in [0.5, 0.6) is 0 Å². The van der Waals surface area contributed by atoms with E-state index < -0.39 is 0 Å². The fourth-order valence-electron chi connectivity index (χ4n) is 2.61. The van der Waals surface area contributed by atoms with Crippen LogP contribution in [0.4, 0.5) is 0 Å². The monoisotopic (exact) mass is 278 g/mol. The molecule has 2 fully saturated rings. The lowest BCUT2D eigenvalue weighted by molar-refractivity contribution is -0.145. The number of hydrogen-bond donors (Lipinski definition) is 1. The van der Waals surface area contributed by atoms with E-state index >= 15 is 0 Å². The molecule has 5 heteroatoms. The van der Waals surface area contributed by atoms with Gasteiger partial charge in [0.2, 0.25) is 11.8 Å². The minimum Gasteiger partial charge on any atom is -0.342 e. The zero-order valence-electron chi connectivity index (χ0n) is 11.0. The molecule has 1 aromatic heterocycles. The molecule has 0 bridgehead atoms. The lowest BCUT2D eigenvalue weighted by Crippen LogP contribution is -2.58. The van der Waals surface area contributed by atoms with Crippen LogP contribution in [0.15, 0.2) is 11.4 Å². The van der Waals surface area contributed by atoms with Gasteiger partial charge in [-0.05, 0) is 42.2 Å². The summed E-state index contributed by atoms with van der Waals surface area (Å²) in [5, 5.41) is 4.90. The lowest BCUT2D eigenvalue weighted by Gasteiger charge is -2.32. The number of carbonyl (C=O) groups is 2. The average Bonchev–Trinajstić information content (AvgIpc) is 3.14. The Hall–Kier alpha value is -1.36. The summed E-state index contributed by atoms with van der Waals surface area (Å²) in [7, 11) is 0. The highest BCUT2D eigenvalue weighted by atomic mass is 32.1. The van der Waals surface area contributed by atoms with Gasteiger partial charge in [0.15, 0.2) is 0 Å². The molecule has 1 atom stereocenters.